The highest BCUT2D eigenvalue weighted by Crippen LogP contribution is 2.43. The number of hydrogen-bond acceptors (Lipinski definition) is 8. The van der Waals surface area contributed by atoms with E-state index >= 15 is 0 Å². The maximum absolute atomic E-state index is 12.0. The first-order valence-corrected chi connectivity index (χ1v) is 7.87. The summed E-state index contributed by atoms with van der Waals surface area (Å²) in [6.07, 6.45) is -1.64. The molecule has 25 heavy (non-hydrogen) atoms. The first-order chi connectivity index (χ1) is 11.8. The third kappa shape index (κ3) is 2.20. The Hall–Kier alpha value is -2.33. The van der Waals surface area contributed by atoms with Crippen molar-refractivity contribution < 1.29 is 20.1 Å². The molecule has 0 bridgehead atoms. The SMILES string of the molecule is Cc1cc2cc([C@@H]3O[C@H](CO)[C@@H](O)[C@@]3(C)O)n3c2c(nc1=O)N=CN3. The highest BCUT2D eigenvalue weighted by atomic mass is 16.6. The molecule has 9 nitrogen and oxygen atoms in total. The van der Waals surface area contributed by atoms with Crippen molar-refractivity contribution in [3.63, 3.8) is 0 Å². The van der Waals surface area contributed by atoms with Crippen LogP contribution in [0.1, 0.15) is 24.3 Å². The molecule has 0 aliphatic carbocycles. The van der Waals surface area contributed by atoms with Crippen LogP contribution in [0, 0.1) is 6.92 Å². The third-order valence-electron chi connectivity index (χ3n) is 4.80. The lowest BCUT2D eigenvalue weighted by molar-refractivity contribution is -0.0665. The Labute approximate surface area is 142 Å². The summed E-state index contributed by atoms with van der Waals surface area (Å²) >= 11 is 0. The smallest absolute Gasteiger partial charge is 0.274 e. The van der Waals surface area contributed by atoms with Gasteiger partial charge in [0.25, 0.3) is 5.56 Å². The number of aliphatic imine (C=N–C) groups is 1. The molecular formula is C16H18N4O5. The molecule has 9 heteroatoms. The Morgan fingerprint density at radius 2 is 2.20 bits per heavy atom. The van der Waals surface area contributed by atoms with E-state index in [1.807, 2.05) is 0 Å². The molecule has 4 rings (SSSR count). The van der Waals surface area contributed by atoms with Crippen molar-refractivity contribution in [1.29, 1.82) is 0 Å². The predicted molar refractivity (Wildman–Crippen MR) is 89.6 cm³/mol. The minimum atomic E-state index is -1.61. The number of nitrogens with zero attached hydrogens (tertiary/aromatic N) is 3. The summed E-state index contributed by atoms with van der Waals surface area (Å²) < 4.78 is 7.32. The number of hydrogen-bond donors (Lipinski definition) is 4. The van der Waals surface area contributed by atoms with Crippen LogP contribution in [0.3, 0.4) is 0 Å². The average molecular weight is 346 g/mol. The number of aliphatic hydroxyl groups is 3. The van der Waals surface area contributed by atoms with Crippen molar-refractivity contribution in [3.8, 4) is 0 Å². The number of aliphatic hydroxyl groups excluding tert-OH is 2. The fraction of sp³-hybridized carbons (Fsp3) is 0.438. The lowest BCUT2D eigenvalue weighted by Crippen LogP contribution is -2.43. The second-order valence-electron chi connectivity index (χ2n) is 6.57. The summed E-state index contributed by atoms with van der Waals surface area (Å²) in [5.74, 6) is 0.259. The number of nitrogens with one attached hydrogen (secondary N) is 1. The zero-order valence-electron chi connectivity index (χ0n) is 13.7. The van der Waals surface area contributed by atoms with Crippen LogP contribution in [0.15, 0.2) is 21.9 Å². The highest BCUT2D eigenvalue weighted by molar-refractivity contribution is 5.94. The Bertz CT molecular complexity index is 952. The van der Waals surface area contributed by atoms with E-state index in [2.05, 4.69) is 15.4 Å². The molecule has 2 aliphatic heterocycles. The van der Waals surface area contributed by atoms with E-state index in [1.54, 1.807) is 23.7 Å². The van der Waals surface area contributed by atoms with Gasteiger partial charge in [-0.1, -0.05) is 0 Å². The second kappa shape index (κ2) is 5.33. The van der Waals surface area contributed by atoms with Crippen molar-refractivity contribution in [2.45, 2.75) is 37.8 Å². The van der Waals surface area contributed by atoms with Crippen LogP contribution in [0.25, 0.3) is 10.9 Å². The van der Waals surface area contributed by atoms with Crippen LogP contribution in [0.5, 0.6) is 0 Å². The number of ether oxygens (including phenoxy) is 1. The first kappa shape index (κ1) is 16.2. The molecule has 4 N–H and O–H groups in total. The van der Waals surface area contributed by atoms with Gasteiger partial charge < -0.3 is 20.1 Å². The third-order valence-corrected chi connectivity index (χ3v) is 4.80. The predicted octanol–water partition coefficient (Wildman–Crippen LogP) is -0.534. The van der Waals surface area contributed by atoms with E-state index in [0.29, 0.717) is 22.2 Å². The van der Waals surface area contributed by atoms with E-state index in [1.165, 1.54) is 13.3 Å². The Kier molecular flexibility index (Phi) is 3.45. The largest absolute Gasteiger partial charge is 0.394 e. The van der Waals surface area contributed by atoms with E-state index in [-0.39, 0.29) is 11.4 Å². The molecule has 2 aliphatic rings. The minimum absolute atomic E-state index is 0.259. The number of aryl methyl sites for hydroxylation is 1. The maximum atomic E-state index is 12.0. The first-order valence-electron chi connectivity index (χ1n) is 7.87. The van der Waals surface area contributed by atoms with Gasteiger partial charge in [0.05, 0.1) is 12.3 Å². The van der Waals surface area contributed by atoms with Gasteiger partial charge >= 0.3 is 0 Å². The van der Waals surface area contributed by atoms with Crippen LogP contribution < -0.4 is 11.0 Å². The molecule has 0 unspecified atom stereocenters. The Morgan fingerprint density at radius 3 is 2.88 bits per heavy atom. The van der Waals surface area contributed by atoms with Gasteiger partial charge in [0.1, 0.15) is 35.8 Å². The normalized spacial score (nSPS) is 30.7. The molecule has 2 aromatic heterocycles. The molecule has 0 amide bonds. The lowest BCUT2D eigenvalue weighted by atomic mass is 9.91. The molecule has 0 saturated carbocycles. The zero-order chi connectivity index (χ0) is 17.9. The van der Waals surface area contributed by atoms with Crippen molar-refractivity contribution in [3.05, 3.63) is 33.7 Å². The molecule has 1 saturated heterocycles. The van der Waals surface area contributed by atoms with E-state index in [4.69, 9.17) is 4.74 Å². The summed E-state index contributed by atoms with van der Waals surface area (Å²) in [5, 5.41) is 31.0. The lowest BCUT2D eigenvalue weighted by Gasteiger charge is -2.27. The summed E-state index contributed by atoms with van der Waals surface area (Å²) in [6.45, 7) is 2.71. The molecular weight excluding hydrogens is 328 g/mol. The standard InChI is InChI=1S/C16H18N4O5/c1-7-3-8-4-9(13-16(2,24)12(22)10(5-21)25-13)20-11(8)14(17-6-18-20)19-15(7)23/h3-4,6,10,12-13,21-22,24H,5H2,1-2H3,(H,17,18,19,23)/t10-,12-,13+,16-/m1/s1. The summed E-state index contributed by atoms with van der Waals surface area (Å²) in [5.41, 5.74) is 2.54. The van der Waals surface area contributed by atoms with Crippen LogP contribution in [0.4, 0.5) is 5.82 Å². The van der Waals surface area contributed by atoms with Crippen molar-refractivity contribution >= 4 is 23.1 Å². The van der Waals surface area contributed by atoms with Gasteiger partial charge in [0, 0.05) is 10.9 Å². The van der Waals surface area contributed by atoms with Crippen LogP contribution >= 0.6 is 0 Å². The zero-order valence-corrected chi connectivity index (χ0v) is 13.7. The van der Waals surface area contributed by atoms with Crippen molar-refractivity contribution in [1.82, 2.24) is 9.66 Å². The number of aromatic nitrogens is 2. The van der Waals surface area contributed by atoms with E-state index < -0.39 is 30.5 Å². The van der Waals surface area contributed by atoms with Crippen molar-refractivity contribution in [2.24, 2.45) is 4.99 Å². The van der Waals surface area contributed by atoms with E-state index in [0.717, 1.165) is 0 Å². The average Bonchev–Trinajstić information content (AvgIpc) is 2.99. The summed E-state index contributed by atoms with van der Waals surface area (Å²) in [4.78, 5) is 20.1. The van der Waals surface area contributed by atoms with Crippen LogP contribution in [0.2, 0.25) is 0 Å². The summed E-state index contributed by atoms with van der Waals surface area (Å²) in [6, 6.07) is 3.44. The second-order valence-corrected chi connectivity index (χ2v) is 6.57. The van der Waals surface area contributed by atoms with Gasteiger partial charge in [0.2, 0.25) is 0 Å². The molecule has 0 radical (unpaired) electrons. The van der Waals surface area contributed by atoms with Gasteiger partial charge in [0.15, 0.2) is 5.82 Å². The van der Waals surface area contributed by atoms with Crippen molar-refractivity contribution in [2.75, 3.05) is 12.0 Å². The van der Waals surface area contributed by atoms with Gasteiger partial charge in [-0.2, -0.15) is 4.98 Å². The monoisotopic (exact) mass is 346 g/mol. The van der Waals surface area contributed by atoms with Crippen LogP contribution in [-0.4, -0.2) is 55.7 Å². The molecule has 0 aromatic carbocycles. The molecule has 0 spiro atoms. The highest BCUT2D eigenvalue weighted by Gasteiger charge is 2.53. The fourth-order valence-electron chi connectivity index (χ4n) is 3.42. The van der Waals surface area contributed by atoms with Gasteiger partial charge in [-0.15, -0.1) is 0 Å². The molecule has 2 aromatic rings. The topological polar surface area (TPSA) is 129 Å². The molecule has 4 atom stereocenters. The van der Waals surface area contributed by atoms with Crippen LogP contribution in [-0.2, 0) is 4.74 Å². The minimum Gasteiger partial charge on any atom is -0.394 e. The van der Waals surface area contributed by atoms with E-state index in [9.17, 15) is 20.1 Å². The quantitative estimate of drug-likeness (QED) is 0.575. The molecule has 4 heterocycles. The van der Waals surface area contributed by atoms with Gasteiger partial charge in [-0.3, -0.25) is 14.9 Å². The molecule has 1 fully saturated rings. The number of rotatable bonds is 2. The maximum Gasteiger partial charge on any atom is 0.274 e. The Morgan fingerprint density at radius 1 is 1.44 bits per heavy atom. The fourth-order valence-corrected chi connectivity index (χ4v) is 3.42. The van der Waals surface area contributed by atoms with Gasteiger partial charge in [-0.05, 0) is 26.0 Å². The Balaban J connectivity index is 1.96. The summed E-state index contributed by atoms with van der Waals surface area (Å²) in [7, 11) is 0. The van der Waals surface area contributed by atoms with Gasteiger partial charge in [-0.25, -0.2) is 4.99 Å². The molecule has 132 valence electrons.